The number of aryl methyl sites for hydroxylation is 5. The quantitative estimate of drug-likeness (QED) is 0.598. The summed E-state index contributed by atoms with van der Waals surface area (Å²) < 4.78 is 0. The standard InChI is InChI=1S/C22H30/c1-6-16-14-19(9-4)22(20(10-5)15-16)21-17(7-2)12-11-13-18(21)8-3/h11-15H,6-10H2,1-5H3. The maximum absolute atomic E-state index is 2.43. The molecule has 0 spiro atoms. The molecule has 118 valence electrons. The van der Waals surface area contributed by atoms with E-state index in [4.69, 9.17) is 0 Å². The van der Waals surface area contributed by atoms with Gasteiger partial charge in [-0.25, -0.2) is 0 Å². The summed E-state index contributed by atoms with van der Waals surface area (Å²) in [4.78, 5) is 0. The van der Waals surface area contributed by atoms with E-state index in [0.717, 1.165) is 32.1 Å². The molecule has 0 amide bonds. The van der Waals surface area contributed by atoms with E-state index >= 15 is 0 Å². The molecule has 0 saturated heterocycles. The fourth-order valence-electron chi connectivity index (χ4n) is 3.49. The minimum Gasteiger partial charge on any atom is -0.0617 e. The maximum Gasteiger partial charge on any atom is -0.0114 e. The molecule has 0 fully saturated rings. The van der Waals surface area contributed by atoms with Crippen LogP contribution in [0.5, 0.6) is 0 Å². The SMILES string of the molecule is CCc1cc(CC)c(-c2c(CC)cccc2CC)c(CC)c1. The highest BCUT2D eigenvalue weighted by atomic mass is 14.2. The van der Waals surface area contributed by atoms with Crippen molar-refractivity contribution in [1.82, 2.24) is 0 Å². The molecule has 0 aliphatic carbocycles. The number of benzene rings is 2. The lowest BCUT2D eigenvalue weighted by Crippen LogP contribution is -2.02. The number of rotatable bonds is 6. The molecule has 0 aliphatic heterocycles. The molecule has 0 aromatic heterocycles. The third-order valence-electron chi connectivity index (χ3n) is 4.78. The molecule has 2 rings (SSSR count). The predicted octanol–water partition coefficient (Wildman–Crippen LogP) is 6.17. The van der Waals surface area contributed by atoms with Crippen LogP contribution in [0.15, 0.2) is 30.3 Å². The van der Waals surface area contributed by atoms with E-state index in [9.17, 15) is 0 Å². The second-order valence-electron chi connectivity index (χ2n) is 6.01. The zero-order chi connectivity index (χ0) is 16.1. The Morgan fingerprint density at radius 2 is 0.955 bits per heavy atom. The average Bonchev–Trinajstić information content (AvgIpc) is 2.59. The average molecular weight is 294 g/mol. The van der Waals surface area contributed by atoms with Gasteiger partial charge in [0.15, 0.2) is 0 Å². The van der Waals surface area contributed by atoms with Crippen LogP contribution in [0.2, 0.25) is 0 Å². The van der Waals surface area contributed by atoms with Gasteiger partial charge in [-0.1, -0.05) is 65.0 Å². The Bertz CT molecular complexity index is 587. The molecule has 0 heterocycles. The maximum atomic E-state index is 2.43. The fourth-order valence-corrected chi connectivity index (χ4v) is 3.49. The van der Waals surface area contributed by atoms with Crippen LogP contribution in [-0.4, -0.2) is 0 Å². The van der Waals surface area contributed by atoms with Crippen molar-refractivity contribution in [3.63, 3.8) is 0 Å². The van der Waals surface area contributed by atoms with Gasteiger partial charge in [-0.3, -0.25) is 0 Å². The van der Waals surface area contributed by atoms with E-state index in [1.807, 2.05) is 0 Å². The van der Waals surface area contributed by atoms with Crippen molar-refractivity contribution in [2.75, 3.05) is 0 Å². The highest BCUT2D eigenvalue weighted by molar-refractivity contribution is 5.77. The van der Waals surface area contributed by atoms with Gasteiger partial charge in [-0.05, 0) is 71.0 Å². The van der Waals surface area contributed by atoms with Crippen molar-refractivity contribution in [3.05, 3.63) is 58.1 Å². The van der Waals surface area contributed by atoms with Crippen molar-refractivity contribution < 1.29 is 0 Å². The van der Waals surface area contributed by atoms with Crippen LogP contribution in [0, 0.1) is 0 Å². The first-order valence-corrected chi connectivity index (χ1v) is 8.95. The summed E-state index contributed by atoms with van der Waals surface area (Å²) in [6.45, 7) is 11.4. The summed E-state index contributed by atoms with van der Waals surface area (Å²) in [6, 6.07) is 11.7. The van der Waals surface area contributed by atoms with E-state index in [2.05, 4.69) is 65.0 Å². The van der Waals surface area contributed by atoms with Crippen LogP contribution >= 0.6 is 0 Å². The van der Waals surface area contributed by atoms with Gasteiger partial charge in [-0.15, -0.1) is 0 Å². The third kappa shape index (κ3) is 3.11. The van der Waals surface area contributed by atoms with Gasteiger partial charge in [0, 0.05) is 0 Å². The molecule has 0 nitrogen and oxygen atoms in total. The van der Waals surface area contributed by atoms with Crippen molar-refractivity contribution in [2.45, 2.75) is 66.7 Å². The van der Waals surface area contributed by atoms with E-state index < -0.39 is 0 Å². The molecule has 0 unspecified atom stereocenters. The minimum absolute atomic E-state index is 1.10. The lowest BCUT2D eigenvalue weighted by atomic mass is 9.83. The van der Waals surface area contributed by atoms with Crippen LogP contribution in [0.4, 0.5) is 0 Å². The Kier molecular flexibility index (Phi) is 5.83. The van der Waals surface area contributed by atoms with Crippen molar-refractivity contribution in [2.24, 2.45) is 0 Å². The van der Waals surface area contributed by atoms with Crippen LogP contribution in [-0.2, 0) is 32.1 Å². The Morgan fingerprint density at radius 1 is 0.545 bits per heavy atom. The topological polar surface area (TPSA) is 0 Å². The predicted molar refractivity (Wildman–Crippen MR) is 98.8 cm³/mol. The molecule has 0 aliphatic rings. The van der Waals surface area contributed by atoms with Gasteiger partial charge in [0.2, 0.25) is 0 Å². The summed E-state index contributed by atoms with van der Waals surface area (Å²) in [5.41, 5.74) is 10.5. The molecule has 0 bridgehead atoms. The Balaban J connectivity index is 2.81. The van der Waals surface area contributed by atoms with Gasteiger partial charge in [0.05, 0.1) is 0 Å². The lowest BCUT2D eigenvalue weighted by molar-refractivity contribution is 1.03. The molecule has 0 atom stereocenters. The van der Waals surface area contributed by atoms with E-state index in [1.165, 1.54) is 38.9 Å². The molecule has 0 heteroatoms. The fraction of sp³-hybridized carbons (Fsp3) is 0.455. The van der Waals surface area contributed by atoms with E-state index in [-0.39, 0.29) is 0 Å². The van der Waals surface area contributed by atoms with Gasteiger partial charge in [-0.2, -0.15) is 0 Å². The molecule has 0 saturated carbocycles. The van der Waals surface area contributed by atoms with Gasteiger partial charge in [0.1, 0.15) is 0 Å². The van der Waals surface area contributed by atoms with Crippen molar-refractivity contribution in [3.8, 4) is 11.1 Å². The first kappa shape index (κ1) is 16.8. The van der Waals surface area contributed by atoms with Crippen LogP contribution in [0.3, 0.4) is 0 Å². The third-order valence-corrected chi connectivity index (χ3v) is 4.78. The summed E-state index contributed by atoms with van der Waals surface area (Å²) in [5, 5.41) is 0. The van der Waals surface area contributed by atoms with Gasteiger partial charge >= 0.3 is 0 Å². The smallest absolute Gasteiger partial charge is 0.0114 e. The van der Waals surface area contributed by atoms with Crippen LogP contribution in [0.25, 0.3) is 11.1 Å². The second kappa shape index (κ2) is 7.63. The van der Waals surface area contributed by atoms with Gasteiger partial charge in [0.25, 0.3) is 0 Å². The molecule has 0 N–H and O–H groups in total. The highest BCUT2D eigenvalue weighted by Crippen LogP contribution is 2.36. The summed E-state index contributed by atoms with van der Waals surface area (Å²) in [7, 11) is 0. The summed E-state index contributed by atoms with van der Waals surface area (Å²) >= 11 is 0. The Hall–Kier alpha value is -1.56. The highest BCUT2D eigenvalue weighted by Gasteiger charge is 2.16. The Morgan fingerprint density at radius 3 is 1.32 bits per heavy atom. The second-order valence-corrected chi connectivity index (χ2v) is 6.01. The largest absolute Gasteiger partial charge is 0.0617 e. The lowest BCUT2D eigenvalue weighted by Gasteiger charge is -2.21. The first-order valence-electron chi connectivity index (χ1n) is 8.95. The van der Waals surface area contributed by atoms with Crippen LogP contribution < -0.4 is 0 Å². The van der Waals surface area contributed by atoms with Crippen LogP contribution in [0.1, 0.15) is 62.4 Å². The summed E-state index contributed by atoms with van der Waals surface area (Å²) in [5.74, 6) is 0. The molecule has 22 heavy (non-hydrogen) atoms. The minimum atomic E-state index is 1.10. The van der Waals surface area contributed by atoms with E-state index in [0.29, 0.717) is 0 Å². The molecule has 2 aromatic carbocycles. The van der Waals surface area contributed by atoms with E-state index in [1.54, 1.807) is 0 Å². The number of hydrogen-bond donors (Lipinski definition) is 0. The summed E-state index contributed by atoms with van der Waals surface area (Å²) in [6.07, 6.45) is 5.54. The molecule has 2 aromatic rings. The first-order chi connectivity index (χ1) is 10.7. The normalized spacial score (nSPS) is 11.0. The molecular weight excluding hydrogens is 264 g/mol. The Labute approximate surface area is 136 Å². The molecular formula is C22H30. The number of hydrogen-bond acceptors (Lipinski definition) is 0. The van der Waals surface area contributed by atoms with Gasteiger partial charge < -0.3 is 0 Å². The zero-order valence-electron chi connectivity index (χ0n) is 14.9. The van der Waals surface area contributed by atoms with Crippen molar-refractivity contribution in [1.29, 1.82) is 0 Å². The molecule has 0 radical (unpaired) electrons. The van der Waals surface area contributed by atoms with Crippen molar-refractivity contribution >= 4 is 0 Å². The zero-order valence-corrected chi connectivity index (χ0v) is 14.9. The monoisotopic (exact) mass is 294 g/mol.